The van der Waals surface area contributed by atoms with Crippen LogP contribution in [0.1, 0.15) is 60.3 Å². The first kappa shape index (κ1) is 16.5. The summed E-state index contributed by atoms with van der Waals surface area (Å²) >= 11 is 0. The number of nitriles is 1. The minimum atomic E-state index is -0.414. The summed E-state index contributed by atoms with van der Waals surface area (Å²) in [5.41, 5.74) is -0.414. The molecule has 1 aliphatic rings. The molecule has 0 bridgehead atoms. The van der Waals surface area contributed by atoms with E-state index in [-0.39, 0.29) is 0 Å². The lowest BCUT2D eigenvalue weighted by Gasteiger charge is -2.35. The lowest BCUT2D eigenvalue weighted by Crippen LogP contribution is -2.50. The van der Waals surface area contributed by atoms with Crippen LogP contribution >= 0.6 is 0 Å². The first-order valence-electron chi connectivity index (χ1n) is 7.83. The lowest BCUT2D eigenvalue weighted by atomic mass is 9.93. The molecule has 3 nitrogen and oxygen atoms in total. The standard InChI is InChI=1S/C16H31N3/c1-6-9-19(11-15-7-8-15)14(4)10-16(5,12-17)18-13(2)3/h13-15,18H,6-11H2,1-5H3. The Kier molecular flexibility index (Phi) is 6.29. The molecule has 1 fully saturated rings. The molecule has 0 radical (unpaired) electrons. The van der Waals surface area contributed by atoms with E-state index in [4.69, 9.17) is 0 Å². The zero-order valence-corrected chi connectivity index (χ0v) is 13.4. The van der Waals surface area contributed by atoms with Crippen molar-refractivity contribution in [3.05, 3.63) is 0 Å². The Labute approximate surface area is 119 Å². The molecule has 0 heterocycles. The fourth-order valence-corrected chi connectivity index (χ4v) is 2.90. The van der Waals surface area contributed by atoms with Crippen molar-refractivity contribution in [2.75, 3.05) is 13.1 Å². The topological polar surface area (TPSA) is 39.1 Å². The molecular formula is C16H31N3. The molecule has 2 unspecified atom stereocenters. The highest BCUT2D eigenvalue weighted by Gasteiger charge is 2.31. The molecule has 3 heteroatoms. The Bertz CT molecular complexity index is 304. The van der Waals surface area contributed by atoms with Crippen LogP contribution in [0.2, 0.25) is 0 Å². The van der Waals surface area contributed by atoms with E-state index in [0.717, 1.165) is 18.9 Å². The van der Waals surface area contributed by atoms with E-state index in [1.807, 2.05) is 6.92 Å². The molecule has 0 saturated heterocycles. The van der Waals surface area contributed by atoms with Crippen molar-refractivity contribution in [3.63, 3.8) is 0 Å². The smallest absolute Gasteiger partial charge is 0.105 e. The van der Waals surface area contributed by atoms with Crippen molar-refractivity contribution in [1.29, 1.82) is 5.26 Å². The third-order valence-electron chi connectivity index (χ3n) is 3.88. The van der Waals surface area contributed by atoms with Gasteiger partial charge in [-0.2, -0.15) is 5.26 Å². The maximum Gasteiger partial charge on any atom is 0.105 e. The predicted molar refractivity (Wildman–Crippen MR) is 81.0 cm³/mol. The van der Waals surface area contributed by atoms with Crippen LogP contribution in [0.15, 0.2) is 0 Å². The van der Waals surface area contributed by atoms with Crippen LogP contribution in [0.25, 0.3) is 0 Å². The number of nitrogens with one attached hydrogen (secondary N) is 1. The van der Waals surface area contributed by atoms with Crippen LogP contribution in [0.3, 0.4) is 0 Å². The molecule has 0 aromatic carbocycles. The van der Waals surface area contributed by atoms with Gasteiger partial charge in [-0.05, 0) is 65.8 Å². The van der Waals surface area contributed by atoms with Gasteiger partial charge < -0.3 is 4.90 Å². The van der Waals surface area contributed by atoms with Crippen molar-refractivity contribution < 1.29 is 0 Å². The molecular weight excluding hydrogens is 234 g/mol. The third-order valence-corrected chi connectivity index (χ3v) is 3.88. The summed E-state index contributed by atoms with van der Waals surface area (Å²) in [6.45, 7) is 13.1. The maximum absolute atomic E-state index is 9.46. The predicted octanol–water partition coefficient (Wildman–Crippen LogP) is 3.17. The van der Waals surface area contributed by atoms with Gasteiger partial charge >= 0.3 is 0 Å². The average Bonchev–Trinajstić information content (AvgIpc) is 3.11. The minimum Gasteiger partial charge on any atom is -0.300 e. The second-order valence-electron chi connectivity index (χ2n) is 6.73. The van der Waals surface area contributed by atoms with Crippen LogP contribution in [-0.2, 0) is 0 Å². The first-order chi connectivity index (χ1) is 8.90. The van der Waals surface area contributed by atoms with Crippen molar-refractivity contribution in [2.45, 2.75) is 77.9 Å². The Morgan fingerprint density at radius 2 is 2.00 bits per heavy atom. The van der Waals surface area contributed by atoms with Crippen LogP contribution in [0.4, 0.5) is 0 Å². The van der Waals surface area contributed by atoms with Crippen molar-refractivity contribution in [3.8, 4) is 6.07 Å². The van der Waals surface area contributed by atoms with E-state index in [1.54, 1.807) is 0 Å². The molecule has 1 N–H and O–H groups in total. The molecule has 0 amide bonds. The summed E-state index contributed by atoms with van der Waals surface area (Å²) < 4.78 is 0. The fourth-order valence-electron chi connectivity index (χ4n) is 2.90. The summed E-state index contributed by atoms with van der Waals surface area (Å²) in [7, 11) is 0. The Hall–Kier alpha value is -0.590. The minimum absolute atomic E-state index is 0.347. The SMILES string of the molecule is CCCN(CC1CC1)C(C)CC(C)(C#N)NC(C)C. The Morgan fingerprint density at radius 3 is 2.42 bits per heavy atom. The van der Waals surface area contributed by atoms with E-state index in [2.05, 4.69) is 44.0 Å². The normalized spacial score (nSPS) is 20.3. The van der Waals surface area contributed by atoms with Crippen LogP contribution in [-0.4, -0.2) is 35.6 Å². The first-order valence-corrected chi connectivity index (χ1v) is 7.83. The summed E-state index contributed by atoms with van der Waals surface area (Å²) in [5, 5.41) is 12.9. The summed E-state index contributed by atoms with van der Waals surface area (Å²) in [4.78, 5) is 2.58. The molecule has 0 aromatic rings. The monoisotopic (exact) mass is 265 g/mol. The number of hydrogen-bond donors (Lipinski definition) is 1. The summed E-state index contributed by atoms with van der Waals surface area (Å²) in [6, 6.07) is 3.28. The number of nitrogens with zero attached hydrogens (tertiary/aromatic N) is 2. The fraction of sp³-hybridized carbons (Fsp3) is 0.938. The molecule has 0 aliphatic heterocycles. The van der Waals surface area contributed by atoms with Crippen LogP contribution in [0, 0.1) is 17.2 Å². The zero-order chi connectivity index (χ0) is 14.5. The van der Waals surface area contributed by atoms with Gasteiger partial charge in [0.15, 0.2) is 0 Å². The van der Waals surface area contributed by atoms with Gasteiger partial charge in [-0.1, -0.05) is 6.92 Å². The van der Waals surface area contributed by atoms with Crippen molar-refractivity contribution in [1.82, 2.24) is 10.2 Å². The molecule has 19 heavy (non-hydrogen) atoms. The van der Waals surface area contributed by atoms with Gasteiger partial charge in [0.1, 0.15) is 5.54 Å². The summed E-state index contributed by atoms with van der Waals surface area (Å²) in [6.07, 6.45) is 4.88. The van der Waals surface area contributed by atoms with Gasteiger partial charge in [0, 0.05) is 18.6 Å². The number of hydrogen-bond acceptors (Lipinski definition) is 3. The van der Waals surface area contributed by atoms with Crippen molar-refractivity contribution in [2.24, 2.45) is 5.92 Å². The molecule has 1 aliphatic carbocycles. The Balaban J connectivity index is 2.56. The number of rotatable bonds is 9. The van der Waals surface area contributed by atoms with E-state index in [1.165, 1.54) is 25.8 Å². The molecule has 1 rings (SSSR count). The van der Waals surface area contributed by atoms with Gasteiger partial charge in [0.25, 0.3) is 0 Å². The second kappa shape index (κ2) is 7.26. The highest BCUT2D eigenvalue weighted by molar-refractivity contribution is 5.06. The van der Waals surface area contributed by atoms with Gasteiger partial charge in [-0.25, -0.2) is 0 Å². The quantitative estimate of drug-likeness (QED) is 0.696. The van der Waals surface area contributed by atoms with Gasteiger partial charge in [-0.15, -0.1) is 0 Å². The third kappa shape index (κ3) is 5.93. The summed E-state index contributed by atoms with van der Waals surface area (Å²) in [5.74, 6) is 0.917. The Morgan fingerprint density at radius 1 is 1.37 bits per heavy atom. The van der Waals surface area contributed by atoms with E-state index < -0.39 is 5.54 Å². The zero-order valence-electron chi connectivity index (χ0n) is 13.4. The molecule has 0 aromatic heterocycles. The van der Waals surface area contributed by atoms with E-state index in [0.29, 0.717) is 12.1 Å². The molecule has 110 valence electrons. The largest absolute Gasteiger partial charge is 0.300 e. The maximum atomic E-state index is 9.46. The van der Waals surface area contributed by atoms with Crippen LogP contribution in [0.5, 0.6) is 0 Å². The van der Waals surface area contributed by atoms with Crippen LogP contribution < -0.4 is 5.32 Å². The highest BCUT2D eigenvalue weighted by Crippen LogP contribution is 2.31. The van der Waals surface area contributed by atoms with Gasteiger partial charge in [0.05, 0.1) is 6.07 Å². The molecule has 0 spiro atoms. The van der Waals surface area contributed by atoms with E-state index in [9.17, 15) is 5.26 Å². The average molecular weight is 265 g/mol. The van der Waals surface area contributed by atoms with Gasteiger partial charge in [0.2, 0.25) is 0 Å². The second-order valence-corrected chi connectivity index (χ2v) is 6.73. The molecule has 2 atom stereocenters. The van der Waals surface area contributed by atoms with Crippen molar-refractivity contribution >= 4 is 0 Å². The van der Waals surface area contributed by atoms with E-state index >= 15 is 0 Å². The highest BCUT2D eigenvalue weighted by atomic mass is 15.2. The molecule has 1 saturated carbocycles. The van der Waals surface area contributed by atoms with Gasteiger partial charge in [-0.3, -0.25) is 5.32 Å². The lowest BCUT2D eigenvalue weighted by molar-refractivity contribution is 0.167.